The zero-order chi connectivity index (χ0) is 12.5. The van der Waals surface area contributed by atoms with E-state index in [-0.39, 0.29) is 5.91 Å². The number of para-hydroxylation sites is 1. The Morgan fingerprint density at radius 3 is 2.89 bits per heavy atom. The van der Waals surface area contributed by atoms with Crippen LogP contribution in [0.3, 0.4) is 0 Å². The zero-order valence-electron chi connectivity index (χ0n) is 10.1. The van der Waals surface area contributed by atoms with Gasteiger partial charge in [0.2, 0.25) is 5.91 Å². The van der Waals surface area contributed by atoms with Gasteiger partial charge < -0.3 is 4.57 Å². The minimum atomic E-state index is 0.0306. The molecule has 0 saturated heterocycles. The smallest absolute Gasteiger partial charge is 0.227 e. The van der Waals surface area contributed by atoms with Crippen LogP contribution < -0.4 is 0 Å². The maximum atomic E-state index is 11.6. The van der Waals surface area contributed by atoms with Gasteiger partial charge in [-0.15, -0.1) is 0 Å². The molecule has 0 bridgehead atoms. The van der Waals surface area contributed by atoms with Crippen LogP contribution in [0.15, 0.2) is 49.2 Å². The summed E-state index contributed by atoms with van der Waals surface area (Å²) in [6.45, 7) is 2.30. The molecule has 18 heavy (non-hydrogen) atoms. The highest BCUT2D eigenvalue weighted by atomic mass is 16.1. The maximum Gasteiger partial charge on any atom is 0.227 e. The number of imidazole rings is 1. The van der Waals surface area contributed by atoms with Crippen molar-refractivity contribution in [3.63, 3.8) is 0 Å². The molecule has 0 aliphatic heterocycles. The fourth-order valence-electron chi connectivity index (χ4n) is 2.21. The Morgan fingerprint density at radius 1 is 1.33 bits per heavy atom. The number of hydrogen-bond donors (Lipinski definition) is 0. The van der Waals surface area contributed by atoms with Crippen molar-refractivity contribution in [1.82, 2.24) is 14.1 Å². The van der Waals surface area contributed by atoms with Gasteiger partial charge in [-0.3, -0.25) is 9.36 Å². The largest absolute Gasteiger partial charge is 0.333 e. The lowest BCUT2D eigenvalue weighted by molar-refractivity contribution is 0.0941. The van der Waals surface area contributed by atoms with E-state index in [2.05, 4.69) is 4.98 Å². The molecule has 0 N–H and O–H groups in total. The maximum absolute atomic E-state index is 11.6. The second-order valence-electron chi connectivity index (χ2n) is 4.30. The molecule has 4 nitrogen and oxygen atoms in total. The number of nitrogens with zero attached hydrogens (tertiary/aromatic N) is 3. The standard InChI is InChI=1S/C14H13N3O/c1-11(18)17-9-12(8-16-7-6-15-10-16)13-4-2-3-5-14(13)17/h2-7,9-10H,8H2,1H3. The Kier molecular flexibility index (Phi) is 2.48. The molecule has 0 aliphatic rings. The monoisotopic (exact) mass is 239 g/mol. The SMILES string of the molecule is CC(=O)n1cc(Cn2ccnc2)c2ccccc21. The highest BCUT2D eigenvalue weighted by Gasteiger charge is 2.10. The van der Waals surface area contributed by atoms with Crippen LogP contribution in [-0.2, 0) is 6.54 Å². The van der Waals surface area contributed by atoms with Crippen molar-refractivity contribution in [1.29, 1.82) is 0 Å². The predicted molar refractivity (Wildman–Crippen MR) is 69.6 cm³/mol. The molecule has 0 aliphatic carbocycles. The van der Waals surface area contributed by atoms with Gasteiger partial charge in [-0.1, -0.05) is 18.2 Å². The summed E-state index contributed by atoms with van der Waals surface area (Å²) in [6.07, 6.45) is 7.36. The summed E-state index contributed by atoms with van der Waals surface area (Å²) in [5.41, 5.74) is 2.08. The van der Waals surface area contributed by atoms with E-state index in [0.29, 0.717) is 0 Å². The molecule has 2 heterocycles. The van der Waals surface area contributed by atoms with Gasteiger partial charge in [0, 0.05) is 30.9 Å². The van der Waals surface area contributed by atoms with E-state index in [9.17, 15) is 4.79 Å². The molecule has 0 fully saturated rings. The molecule has 0 unspecified atom stereocenters. The first-order valence-corrected chi connectivity index (χ1v) is 5.81. The van der Waals surface area contributed by atoms with Gasteiger partial charge >= 0.3 is 0 Å². The van der Waals surface area contributed by atoms with Gasteiger partial charge in [0.15, 0.2) is 0 Å². The van der Waals surface area contributed by atoms with Crippen LogP contribution in [0.4, 0.5) is 0 Å². The zero-order valence-corrected chi connectivity index (χ0v) is 10.1. The highest BCUT2D eigenvalue weighted by Crippen LogP contribution is 2.22. The number of carbonyl (C=O) groups excluding carboxylic acids is 1. The van der Waals surface area contributed by atoms with Gasteiger partial charge in [-0.05, 0) is 11.6 Å². The summed E-state index contributed by atoms with van der Waals surface area (Å²) in [7, 11) is 0. The van der Waals surface area contributed by atoms with Crippen molar-refractivity contribution in [3.8, 4) is 0 Å². The Morgan fingerprint density at radius 2 is 2.17 bits per heavy atom. The van der Waals surface area contributed by atoms with E-state index < -0.39 is 0 Å². The number of fused-ring (bicyclic) bond motifs is 1. The molecule has 3 aromatic rings. The van der Waals surface area contributed by atoms with Crippen LogP contribution in [0.5, 0.6) is 0 Å². The van der Waals surface area contributed by atoms with Crippen LogP contribution >= 0.6 is 0 Å². The average Bonchev–Trinajstić information content (AvgIpc) is 2.98. The second kappa shape index (κ2) is 4.14. The summed E-state index contributed by atoms with van der Waals surface area (Å²) in [5.74, 6) is 0.0306. The van der Waals surface area contributed by atoms with E-state index in [4.69, 9.17) is 0 Å². The molecular weight excluding hydrogens is 226 g/mol. The third kappa shape index (κ3) is 1.72. The normalized spacial score (nSPS) is 10.9. The fourth-order valence-corrected chi connectivity index (χ4v) is 2.21. The molecule has 4 heteroatoms. The van der Waals surface area contributed by atoms with Crippen LogP contribution in [0.25, 0.3) is 10.9 Å². The van der Waals surface area contributed by atoms with Crippen LogP contribution in [0.2, 0.25) is 0 Å². The third-order valence-corrected chi connectivity index (χ3v) is 3.05. The van der Waals surface area contributed by atoms with Crippen LogP contribution in [0, 0.1) is 0 Å². The molecule has 1 aromatic carbocycles. The summed E-state index contributed by atoms with van der Waals surface area (Å²) >= 11 is 0. The summed E-state index contributed by atoms with van der Waals surface area (Å²) < 4.78 is 3.69. The average molecular weight is 239 g/mol. The number of aromatic nitrogens is 3. The van der Waals surface area contributed by atoms with E-state index in [1.54, 1.807) is 24.0 Å². The number of hydrogen-bond acceptors (Lipinski definition) is 2. The van der Waals surface area contributed by atoms with Crippen molar-refractivity contribution < 1.29 is 4.79 Å². The van der Waals surface area contributed by atoms with Gasteiger partial charge in [-0.25, -0.2) is 4.98 Å². The molecule has 0 saturated carbocycles. The van der Waals surface area contributed by atoms with E-state index in [1.807, 2.05) is 41.2 Å². The van der Waals surface area contributed by atoms with E-state index in [1.165, 1.54) is 0 Å². The van der Waals surface area contributed by atoms with Gasteiger partial charge in [-0.2, -0.15) is 0 Å². The topological polar surface area (TPSA) is 39.8 Å². The Bertz CT molecular complexity index is 695. The van der Waals surface area contributed by atoms with E-state index in [0.717, 1.165) is 23.0 Å². The lowest BCUT2D eigenvalue weighted by Gasteiger charge is -1.99. The molecule has 0 atom stereocenters. The molecule has 0 radical (unpaired) electrons. The summed E-state index contributed by atoms with van der Waals surface area (Å²) in [4.78, 5) is 15.6. The third-order valence-electron chi connectivity index (χ3n) is 3.05. The molecule has 0 amide bonds. The van der Waals surface area contributed by atoms with E-state index >= 15 is 0 Å². The predicted octanol–water partition coefficient (Wildman–Crippen LogP) is 2.55. The number of carbonyl (C=O) groups is 1. The van der Waals surface area contributed by atoms with Gasteiger partial charge in [0.05, 0.1) is 18.4 Å². The Hall–Kier alpha value is -2.36. The quantitative estimate of drug-likeness (QED) is 0.689. The molecule has 0 spiro atoms. The lowest BCUT2D eigenvalue weighted by atomic mass is 10.2. The Balaban J connectivity index is 2.14. The van der Waals surface area contributed by atoms with Crippen molar-refractivity contribution >= 4 is 16.8 Å². The van der Waals surface area contributed by atoms with Crippen LogP contribution in [-0.4, -0.2) is 20.0 Å². The minimum Gasteiger partial charge on any atom is -0.333 e. The highest BCUT2D eigenvalue weighted by molar-refractivity contribution is 5.93. The van der Waals surface area contributed by atoms with Gasteiger partial charge in [0.1, 0.15) is 0 Å². The molecule has 3 rings (SSSR count). The van der Waals surface area contributed by atoms with Crippen molar-refractivity contribution in [2.45, 2.75) is 13.5 Å². The minimum absolute atomic E-state index is 0.0306. The number of benzene rings is 1. The molecular formula is C14H13N3O. The first-order valence-electron chi connectivity index (χ1n) is 5.81. The fraction of sp³-hybridized carbons (Fsp3) is 0.143. The Labute approximate surface area is 104 Å². The first kappa shape index (κ1) is 10.8. The second-order valence-corrected chi connectivity index (χ2v) is 4.30. The van der Waals surface area contributed by atoms with Gasteiger partial charge in [0.25, 0.3) is 0 Å². The van der Waals surface area contributed by atoms with Crippen LogP contribution in [0.1, 0.15) is 17.3 Å². The summed E-state index contributed by atoms with van der Waals surface area (Å²) in [5, 5.41) is 1.11. The first-order chi connectivity index (χ1) is 8.75. The van der Waals surface area contributed by atoms with Crippen molar-refractivity contribution in [2.24, 2.45) is 0 Å². The number of rotatable bonds is 2. The van der Waals surface area contributed by atoms with Crippen molar-refractivity contribution in [2.75, 3.05) is 0 Å². The molecule has 2 aromatic heterocycles. The summed E-state index contributed by atoms with van der Waals surface area (Å²) in [6, 6.07) is 7.95. The van der Waals surface area contributed by atoms with Crippen molar-refractivity contribution in [3.05, 3.63) is 54.7 Å². The molecule has 90 valence electrons. The lowest BCUT2D eigenvalue weighted by Crippen LogP contribution is -2.03.